The predicted octanol–water partition coefficient (Wildman–Crippen LogP) is 21.2. The van der Waals surface area contributed by atoms with Crippen molar-refractivity contribution < 1.29 is 91.6 Å². The number of hydrogen-bond acceptors (Lipinski definition) is 15. The van der Waals surface area contributed by atoms with E-state index in [4.69, 9.17) is 53.3 Å². The molecule has 24 rings (SSSR count). The predicted molar refractivity (Wildman–Crippen MR) is 506 cm³/mol. The summed E-state index contributed by atoms with van der Waals surface area (Å²) in [6.45, 7) is 26.1. The molecule has 6 aliphatic heterocycles. The minimum absolute atomic E-state index is 0. The van der Waals surface area contributed by atoms with Crippen molar-refractivity contribution in [1.82, 2.24) is 29.9 Å². The second-order valence-electron chi connectivity index (χ2n) is 36.3. The number of nitrogens with zero attached hydrogens (tertiary/aromatic N) is 6. The molecule has 0 unspecified atom stereocenters. The van der Waals surface area contributed by atoms with E-state index in [2.05, 4.69) is 246 Å². The normalized spacial score (nSPS) is 13.0. The molecule has 12 nitrogen and oxygen atoms in total. The molecule has 12 aromatic carbocycles. The molecule has 18 aromatic rings. The van der Waals surface area contributed by atoms with Gasteiger partial charge >= 0.3 is 63.2 Å². The van der Waals surface area contributed by atoms with Gasteiger partial charge in [-0.15, -0.1) is 175 Å². The first-order chi connectivity index (χ1) is 59.9. The average molecular weight is 2240 g/mol. The molecule has 12 heterocycles. The van der Waals surface area contributed by atoms with Crippen LogP contribution in [0.1, 0.15) is 105 Å². The van der Waals surface area contributed by atoms with Crippen molar-refractivity contribution in [2.75, 3.05) is 0 Å². The number of hydrogen-bond donors (Lipinski definition) is 0. The maximum atomic E-state index is 6.64. The largest absolute Gasteiger partial charge is 2.00 e. The second-order valence-corrected chi connectivity index (χ2v) is 39.4. The van der Waals surface area contributed by atoms with E-state index in [1.54, 1.807) is 34.0 Å². The van der Waals surface area contributed by atoms with E-state index < -0.39 is 0 Å². The molecular weight excluding hydrogens is 2170 g/mol. The SMILES string of the molecule is CC(C)(C)c1cc2c3c(c1)Oc1ccc(-c4nc5ccccc5s4)[c-]c1B3c1[c-]c(-c3ccccn3)ccc1O2.CC(C)(C)c1ccnc(-c2[c-]c3c(cc2)Oc2cc(C(C)(C)C)cc4c2B3c2[c-]c(-c3nc5ccccc5s3)ccc2O4)c1.CC(C)(C)c1ccnc(-c2[c-]c3c(cc2)Oc2cccc4c2B3c2[c-]c(-c3nc5ccccc5s3)ccc2O4)c1.[Pt+2].[Pt+2].[Pt+2]. The van der Waals surface area contributed by atoms with E-state index in [1.807, 2.05) is 128 Å². The molecule has 0 amide bonds. The molecule has 0 fully saturated rings. The molecule has 6 aromatic heterocycles. The van der Waals surface area contributed by atoms with Gasteiger partial charge in [0.1, 0.15) is 34.5 Å². The summed E-state index contributed by atoms with van der Waals surface area (Å²) in [6, 6.07) is 101. The van der Waals surface area contributed by atoms with Gasteiger partial charge in [0.2, 0.25) is 20.1 Å². The van der Waals surface area contributed by atoms with Gasteiger partial charge in [-0.2, -0.15) is 34.0 Å². The van der Waals surface area contributed by atoms with Crippen LogP contribution in [0, 0.1) is 36.4 Å². The Kier molecular flexibility index (Phi) is 22.0. The number of benzene rings is 12. The molecule has 0 bridgehead atoms. The summed E-state index contributed by atoms with van der Waals surface area (Å²) in [5, 5.41) is 2.82. The summed E-state index contributed by atoms with van der Waals surface area (Å²) in [5.41, 5.74) is 24.8. The molecule has 0 N–H and O–H groups in total. The summed E-state index contributed by atoms with van der Waals surface area (Å²) in [6.07, 6.45) is 5.58. The van der Waals surface area contributed by atoms with Crippen molar-refractivity contribution >= 4 is 134 Å². The fraction of sp³-hybridized carbons (Fsp3) is 0.151. The Labute approximate surface area is 795 Å². The molecule has 0 radical (unpaired) electrons. The van der Waals surface area contributed by atoms with Crippen LogP contribution in [0.4, 0.5) is 0 Å². The topological polar surface area (TPSA) is 133 Å². The van der Waals surface area contributed by atoms with Crippen LogP contribution in [0.15, 0.2) is 249 Å². The van der Waals surface area contributed by atoms with Crippen molar-refractivity contribution in [1.29, 1.82) is 0 Å². The Hall–Kier alpha value is -11.2. The van der Waals surface area contributed by atoms with Gasteiger partial charge in [-0.1, -0.05) is 150 Å². The van der Waals surface area contributed by atoms with Crippen LogP contribution in [0.5, 0.6) is 69.0 Å². The fourth-order valence-corrected chi connectivity index (χ4v) is 20.0. The van der Waals surface area contributed by atoms with E-state index >= 15 is 0 Å². The van der Waals surface area contributed by atoms with Crippen LogP contribution >= 0.6 is 34.0 Å². The number of thiazole rings is 3. The molecule has 6 aliphatic rings. The van der Waals surface area contributed by atoms with Crippen molar-refractivity contribution in [2.24, 2.45) is 0 Å². The zero-order valence-electron chi connectivity index (χ0n) is 71.2. The first-order valence-corrected chi connectivity index (χ1v) is 44.2. The summed E-state index contributed by atoms with van der Waals surface area (Å²) in [4.78, 5) is 28.7. The number of ether oxygens (including phenoxy) is 6. The number of fused-ring (bicyclic) bond motifs is 15. The zero-order valence-corrected chi connectivity index (χ0v) is 80.5. The van der Waals surface area contributed by atoms with Gasteiger partial charge in [0.05, 0.1) is 16.6 Å². The van der Waals surface area contributed by atoms with Gasteiger partial charge in [0.15, 0.2) is 0 Å². The van der Waals surface area contributed by atoms with Gasteiger partial charge in [0.25, 0.3) is 0 Å². The number of pyridine rings is 3. The molecule has 0 spiro atoms. The van der Waals surface area contributed by atoms with Gasteiger partial charge in [-0.3, -0.25) is 15.0 Å². The van der Waals surface area contributed by atoms with Crippen molar-refractivity contribution in [3.05, 3.63) is 308 Å². The van der Waals surface area contributed by atoms with E-state index in [1.165, 1.54) is 11.1 Å². The number of aromatic nitrogens is 6. The van der Waals surface area contributed by atoms with Crippen molar-refractivity contribution in [3.8, 4) is 134 Å². The molecule has 624 valence electrons. The van der Waals surface area contributed by atoms with Crippen LogP contribution in [0.2, 0.25) is 0 Å². The first-order valence-electron chi connectivity index (χ1n) is 41.7. The first kappa shape index (κ1) is 85.3. The summed E-state index contributed by atoms with van der Waals surface area (Å²) in [7, 11) is 0. The molecular formula is C106H77B3N6O6Pt3S3. The second kappa shape index (κ2) is 32.8. The monoisotopic (exact) mass is 2240 g/mol. The number of rotatable bonds is 6. The number of para-hydroxylation sites is 3. The van der Waals surface area contributed by atoms with Crippen LogP contribution in [0.25, 0.3) is 96.1 Å². The Morgan fingerprint density at radius 3 is 0.827 bits per heavy atom. The van der Waals surface area contributed by atoms with Crippen LogP contribution in [-0.4, -0.2) is 50.0 Å². The molecule has 0 atom stereocenters. The Balaban J connectivity index is 0.000000123. The average Bonchev–Trinajstić information content (AvgIpc) is 1.73. The summed E-state index contributed by atoms with van der Waals surface area (Å²) < 4.78 is 42.7. The van der Waals surface area contributed by atoms with Gasteiger partial charge in [-0.25, -0.2) is 0 Å². The Bertz CT molecular complexity index is 7310. The minimum Gasteiger partial charge on any atom is -0.503 e. The van der Waals surface area contributed by atoms with Gasteiger partial charge in [0, 0.05) is 98.6 Å². The zero-order chi connectivity index (χ0) is 84.4. The van der Waals surface area contributed by atoms with E-state index in [9.17, 15) is 0 Å². The molecule has 21 heteroatoms. The molecule has 0 saturated heterocycles. The van der Waals surface area contributed by atoms with Crippen LogP contribution in [-0.2, 0) is 84.9 Å². The Morgan fingerprint density at radius 2 is 0.520 bits per heavy atom. The van der Waals surface area contributed by atoms with E-state index in [0.717, 1.165) is 225 Å². The molecule has 0 aliphatic carbocycles. The molecule has 0 saturated carbocycles. The standard InChI is InChI=1S/C38H31BN2O2S.2C34H23BN2O2S.3Pt/c1-37(2,3)24-15-16-40-29(19-24)22-11-13-30-26(17-22)39-27-18-23(36-41-28-9-7-8-10-34(28)44-36)12-14-31(27)43-33-21-25(38(4,5)6)20-32(42-30)35(33)39;1-34(2,3)22-18-29-32-30(19-22)39-28-14-12-21(33-37-26-9-4-5-10-31(26)40-33)17-24(28)35(32)23-16-20(11-13-27(23)38-29)25-8-6-7-15-36-25;1-34(2,3)22-15-16-36-26(19-22)20-11-13-27-23(17-20)35-24-18-21(33-37-25-7-4-5-10-31(25)40-33)12-14-28(24)39-30-9-6-8-29(38-27)32(30)35;;;/h7-16,19-21H,1-6H3;4-15,18-19H,1-3H3;4-16,19H,1-3H3;;;/q3*-2;3*+2. The van der Waals surface area contributed by atoms with Gasteiger partial charge in [-0.05, 0) is 152 Å². The molecule has 127 heavy (non-hydrogen) atoms. The third-order valence-electron chi connectivity index (χ3n) is 23.8. The van der Waals surface area contributed by atoms with Crippen LogP contribution < -0.4 is 77.6 Å². The van der Waals surface area contributed by atoms with E-state index in [0.29, 0.717) is 0 Å². The Morgan fingerprint density at radius 1 is 0.244 bits per heavy atom. The third kappa shape index (κ3) is 15.6. The summed E-state index contributed by atoms with van der Waals surface area (Å²) >= 11 is 5.04. The van der Waals surface area contributed by atoms with E-state index in [-0.39, 0.29) is 105 Å². The fourth-order valence-electron chi connectivity index (χ4n) is 17.2. The van der Waals surface area contributed by atoms with Gasteiger partial charge < -0.3 is 43.4 Å². The quantitative estimate of drug-likeness (QED) is 0.116. The van der Waals surface area contributed by atoms with Crippen LogP contribution in [0.3, 0.4) is 0 Å². The summed E-state index contributed by atoms with van der Waals surface area (Å²) in [5.74, 6) is 9.65. The third-order valence-corrected chi connectivity index (χ3v) is 27.0. The van der Waals surface area contributed by atoms with Crippen molar-refractivity contribution in [3.63, 3.8) is 0 Å². The smallest absolute Gasteiger partial charge is 0.503 e. The maximum absolute atomic E-state index is 6.64. The maximum Gasteiger partial charge on any atom is 2.00 e. The van der Waals surface area contributed by atoms with Crippen molar-refractivity contribution in [2.45, 2.75) is 105 Å². The minimum atomic E-state index is -0.165.